The maximum atomic E-state index is 10.9. The normalized spacial score (nSPS) is 28.5. The van der Waals surface area contributed by atoms with Crippen molar-refractivity contribution in [2.45, 2.75) is 149 Å². The smallest absolute Gasteiger partial charge is 0.306 e. The van der Waals surface area contributed by atoms with Gasteiger partial charge in [0, 0.05) is 0 Å². The molecular weight excluding hydrogens is 448 g/mol. The van der Waals surface area contributed by atoms with Crippen molar-refractivity contribution in [2.75, 3.05) is 0 Å². The maximum absolute atomic E-state index is 10.9. The van der Waals surface area contributed by atoms with Gasteiger partial charge in [-0.25, -0.2) is 0 Å². The molecule has 0 bridgehead atoms. The minimum atomic E-state index is -0.699. The Morgan fingerprint density at radius 2 is 1.86 bits per heavy atom. The third-order valence-electron chi connectivity index (χ3n) is 8.93. The van der Waals surface area contributed by atoms with Crippen molar-refractivity contribution >= 4 is 5.97 Å². The Bertz CT molecular complexity index is 822. The second-order valence-corrected chi connectivity index (χ2v) is 12.2. The quantitative estimate of drug-likeness (QED) is 0.220. The van der Waals surface area contributed by atoms with Gasteiger partial charge < -0.3 is 14.9 Å². The minimum absolute atomic E-state index is 0.110. The van der Waals surface area contributed by atoms with Crippen LogP contribution in [0, 0.1) is 11.8 Å². The van der Waals surface area contributed by atoms with E-state index in [-0.39, 0.29) is 17.1 Å². The lowest BCUT2D eigenvalue weighted by molar-refractivity contribution is -0.146. The molecule has 2 N–H and O–H groups in total. The summed E-state index contributed by atoms with van der Waals surface area (Å²) in [5, 5.41) is 19.5. The average Bonchev–Trinajstić information content (AvgIpc) is 2.82. The van der Waals surface area contributed by atoms with Gasteiger partial charge in [0.05, 0.1) is 17.6 Å². The molecule has 1 fully saturated rings. The molecule has 0 spiro atoms. The summed E-state index contributed by atoms with van der Waals surface area (Å²) in [5.41, 5.74) is 4.57. The van der Waals surface area contributed by atoms with Gasteiger partial charge in [-0.1, -0.05) is 64.5 Å². The number of aliphatic hydroxyl groups excluding tert-OH is 1. The van der Waals surface area contributed by atoms with Crippen LogP contribution in [0.2, 0.25) is 0 Å². The highest BCUT2D eigenvalue weighted by molar-refractivity contribution is 5.69. The van der Waals surface area contributed by atoms with E-state index in [1.165, 1.54) is 42.4 Å². The van der Waals surface area contributed by atoms with Gasteiger partial charge in [0.25, 0.3) is 0 Å². The summed E-state index contributed by atoms with van der Waals surface area (Å²) in [6, 6.07) is 0. The molecule has 1 heterocycles. The van der Waals surface area contributed by atoms with Crippen molar-refractivity contribution in [1.29, 1.82) is 0 Å². The van der Waals surface area contributed by atoms with E-state index in [0.29, 0.717) is 5.92 Å². The summed E-state index contributed by atoms with van der Waals surface area (Å²) >= 11 is 0. The summed E-state index contributed by atoms with van der Waals surface area (Å²) in [5.74, 6) is -0.258. The molecule has 0 aromatic rings. The molecule has 0 saturated carbocycles. The number of hydrogen-bond donors (Lipinski definition) is 2. The molecule has 1 aliphatic carbocycles. The summed E-state index contributed by atoms with van der Waals surface area (Å²) in [7, 11) is 0. The minimum Gasteiger partial charge on any atom is -0.481 e. The second kappa shape index (κ2) is 14.0. The largest absolute Gasteiger partial charge is 0.481 e. The molecule has 5 atom stereocenters. The van der Waals surface area contributed by atoms with Gasteiger partial charge in [-0.05, 0) is 108 Å². The molecule has 4 nitrogen and oxygen atoms in total. The van der Waals surface area contributed by atoms with Crippen LogP contribution >= 0.6 is 0 Å². The topological polar surface area (TPSA) is 66.8 Å². The fraction of sp³-hybridized carbons (Fsp3) is 0.781. The number of aliphatic hydroxyl groups is 1. The first-order chi connectivity index (χ1) is 16.9. The first-order valence-electron chi connectivity index (χ1n) is 14.6. The van der Waals surface area contributed by atoms with Crippen molar-refractivity contribution in [1.82, 2.24) is 0 Å². The number of rotatable bonds is 15. The number of carboxylic acid groups (broad SMARTS) is 1. The monoisotopic (exact) mass is 502 g/mol. The first-order valence-corrected chi connectivity index (χ1v) is 14.6. The lowest BCUT2D eigenvalue weighted by atomic mass is 9.69. The lowest BCUT2D eigenvalue weighted by Crippen LogP contribution is -2.51. The number of fused-ring (bicyclic) bond motifs is 1. The van der Waals surface area contributed by atoms with Crippen molar-refractivity contribution in [3.63, 3.8) is 0 Å². The molecule has 0 aromatic carbocycles. The number of hydrogen-bond acceptors (Lipinski definition) is 3. The molecule has 2 rings (SSSR count). The molecule has 0 aromatic heterocycles. The van der Waals surface area contributed by atoms with E-state index in [0.717, 1.165) is 63.4 Å². The zero-order valence-electron chi connectivity index (χ0n) is 24.3. The predicted molar refractivity (Wildman–Crippen MR) is 150 cm³/mol. The Morgan fingerprint density at radius 1 is 1.17 bits per heavy atom. The lowest BCUT2D eigenvalue weighted by Gasteiger charge is -2.52. The standard InChI is InChI=1S/C32H54O4/c1-8-9-20-32-27(6)26(5)29(33)22-28(32)18-21-31(7,36-32)19-12-16-24(3)14-10-13-23(2)15-11-17-25(4)30(34)35/h15,22,24-25,29,33H,8-14,16-21H2,1-7H3,(H,34,35)/b23-15+. The molecule has 0 amide bonds. The number of aliphatic carboxylic acids is 1. The van der Waals surface area contributed by atoms with Crippen LogP contribution in [-0.2, 0) is 9.53 Å². The third-order valence-corrected chi connectivity index (χ3v) is 8.93. The van der Waals surface area contributed by atoms with Crippen LogP contribution in [0.4, 0.5) is 0 Å². The molecule has 4 heteroatoms. The highest BCUT2D eigenvalue weighted by atomic mass is 16.5. The van der Waals surface area contributed by atoms with E-state index in [2.05, 4.69) is 53.7 Å². The highest BCUT2D eigenvalue weighted by Crippen LogP contribution is 2.51. The van der Waals surface area contributed by atoms with E-state index in [9.17, 15) is 9.90 Å². The van der Waals surface area contributed by atoms with Gasteiger partial charge in [0.15, 0.2) is 0 Å². The summed E-state index contributed by atoms with van der Waals surface area (Å²) in [6.07, 6.45) is 17.8. The highest BCUT2D eigenvalue weighted by Gasteiger charge is 2.49. The Hall–Kier alpha value is -1.39. The van der Waals surface area contributed by atoms with Crippen LogP contribution in [0.25, 0.3) is 0 Å². The molecule has 5 unspecified atom stereocenters. The second-order valence-electron chi connectivity index (χ2n) is 12.2. The van der Waals surface area contributed by atoms with Crippen LogP contribution in [-0.4, -0.2) is 33.5 Å². The van der Waals surface area contributed by atoms with Gasteiger partial charge in [0.2, 0.25) is 0 Å². The number of unbranched alkanes of at least 4 members (excludes halogenated alkanes) is 1. The Morgan fingerprint density at radius 3 is 2.53 bits per heavy atom. The Balaban J connectivity index is 1.82. The molecule has 36 heavy (non-hydrogen) atoms. The van der Waals surface area contributed by atoms with Gasteiger partial charge in [0.1, 0.15) is 5.60 Å². The molecule has 0 radical (unpaired) electrons. The van der Waals surface area contributed by atoms with Crippen LogP contribution < -0.4 is 0 Å². The summed E-state index contributed by atoms with van der Waals surface area (Å²) < 4.78 is 7.08. The van der Waals surface area contributed by atoms with Crippen molar-refractivity contribution < 1.29 is 19.7 Å². The van der Waals surface area contributed by atoms with Gasteiger partial charge >= 0.3 is 5.97 Å². The fourth-order valence-electron chi connectivity index (χ4n) is 6.03. The number of allylic oxidation sites excluding steroid dienone is 2. The number of carbonyl (C=O) groups is 1. The van der Waals surface area contributed by atoms with Gasteiger partial charge in [-0.15, -0.1) is 0 Å². The molecular formula is C32H54O4. The predicted octanol–water partition coefficient (Wildman–Crippen LogP) is 8.55. The molecule has 2 aliphatic rings. The summed E-state index contributed by atoms with van der Waals surface area (Å²) in [6.45, 7) is 15.1. The van der Waals surface area contributed by atoms with E-state index in [1.807, 2.05) is 0 Å². The number of carboxylic acids is 1. The van der Waals surface area contributed by atoms with E-state index < -0.39 is 12.1 Å². The number of ether oxygens (including phenoxy) is 1. The van der Waals surface area contributed by atoms with Crippen molar-refractivity contribution in [3.05, 3.63) is 34.4 Å². The molecule has 206 valence electrons. The fourth-order valence-corrected chi connectivity index (χ4v) is 6.03. The first kappa shape index (κ1) is 30.8. The van der Waals surface area contributed by atoms with Crippen molar-refractivity contribution in [2.24, 2.45) is 11.8 Å². The SMILES string of the molecule is CCCCC12OC(C)(CCCC(C)CCC/C(C)=C/CCC(C)C(=O)O)CCC1=CC(O)C(C)=C2C. The van der Waals surface area contributed by atoms with Gasteiger partial charge in [-0.3, -0.25) is 4.79 Å². The molecule has 1 aliphatic heterocycles. The van der Waals surface area contributed by atoms with E-state index in [4.69, 9.17) is 9.84 Å². The zero-order valence-corrected chi connectivity index (χ0v) is 24.3. The van der Waals surface area contributed by atoms with Gasteiger partial charge in [-0.2, -0.15) is 0 Å². The third kappa shape index (κ3) is 8.31. The van der Waals surface area contributed by atoms with Crippen molar-refractivity contribution in [3.8, 4) is 0 Å². The maximum Gasteiger partial charge on any atom is 0.306 e. The zero-order chi connectivity index (χ0) is 26.9. The van der Waals surface area contributed by atoms with E-state index >= 15 is 0 Å². The Labute approximate surface area is 221 Å². The van der Waals surface area contributed by atoms with Crippen LogP contribution in [0.5, 0.6) is 0 Å². The average molecular weight is 503 g/mol. The van der Waals surface area contributed by atoms with Crippen LogP contribution in [0.3, 0.4) is 0 Å². The Kier molecular flexibility index (Phi) is 12.0. The van der Waals surface area contributed by atoms with Crippen LogP contribution in [0.15, 0.2) is 34.4 Å². The van der Waals surface area contributed by atoms with Crippen LogP contribution in [0.1, 0.15) is 132 Å². The molecule has 1 saturated heterocycles. The summed E-state index contributed by atoms with van der Waals surface area (Å²) in [4.78, 5) is 10.9. The van der Waals surface area contributed by atoms with E-state index in [1.54, 1.807) is 6.92 Å².